The summed E-state index contributed by atoms with van der Waals surface area (Å²) in [7, 11) is -2.30. The molecule has 1 aliphatic carbocycles. The predicted octanol–water partition coefficient (Wildman–Crippen LogP) is 0.920. The number of aliphatic carboxylic acids is 1. The number of carboxylic acids is 1. The molecule has 1 unspecified atom stereocenters. The van der Waals surface area contributed by atoms with Gasteiger partial charge in [-0.2, -0.15) is 0 Å². The normalized spacial score (nSPS) is 15.9. The van der Waals surface area contributed by atoms with E-state index in [-0.39, 0.29) is 10.5 Å². The first-order valence-electron chi connectivity index (χ1n) is 7.32. The average Bonchev–Trinajstić information content (AvgIpc) is 3.35. The highest BCUT2D eigenvalue weighted by atomic mass is 32.2. The molecule has 2 N–H and O–H groups in total. The molecule has 0 radical (unpaired) electrons. The van der Waals surface area contributed by atoms with Crippen LogP contribution in [0.15, 0.2) is 29.2 Å². The van der Waals surface area contributed by atoms with Gasteiger partial charge in [0.25, 0.3) is 5.91 Å². The topological polar surface area (TPSA) is 104 Å². The van der Waals surface area contributed by atoms with Gasteiger partial charge in [0.15, 0.2) is 0 Å². The van der Waals surface area contributed by atoms with Crippen LogP contribution < -0.4 is 4.72 Å². The van der Waals surface area contributed by atoms with E-state index < -0.39 is 27.9 Å². The minimum absolute atomic E-state index is 0.000350. The van der Waals surface area contributed by atoms with Gasteiger partial charge in [-0.3, -0.25) is 4.79 Å². The van der Waals surface area contributed by atoms with Gasteiger partial charge in [0.1, 0.15) is 6.04 Å². The Morgan fingerprint density at radius 1 is 1.39 bits per heavy atom. The van der Waals surface area contributed by atoms with Crippen molar-refractivity contribution < 1.29 is 23.1 Å². The molecular weight excluding hydrogens is 320 g/mol. The van der Waals surface area contributed by atoms with E-state index in [4.69, 9.17) is 5.11 Å². The second-order valence-electron chi connectivity index (χ2n) is 5.75. The zero-order chi connectivity index (χ0) is 17.2. The van der Waals surface area contributed by atoms with Crippen molar-refractivity contribution in [3.8, 4) is 0 Å². The maximum atomic E-state index is 12.3. The summed E-state index contributed by atoms with van der Waals surface area (Å²) in [6.07, 6.45) is 2.05. The molecular formula is C15H20N2O5S. The number of carbonyl (C=O) groups is 2. The van der Waals surface area contributed by atoms with E-state index in [0.29, 0.717) is 12.5 Å². The van der Waals surface area contributed by atoms with E-state index in [1.54, 1.807) is 0 Å². The van der Waals surface area contributed by atoms with E-state index in [0.717, 1.165) is 17.7 Å². The third-order valence-electron chi connectivity index (χ3n) is 3.91. The first-order chi connectivity index (χ1) is 10.7. The standard InChI is InChI=1S/C15H20N2O5S/c1-10(15(19)20)17(2)14(18)12-4-3-5-13(8-12)23(21,22)16-9-11-6-7-11/h3-5,8,10-11,16H,6-7,9H2,1-2H3,(H,19,20). The van der Waals surface area contributed by atoms with Gasteiger partial charge in [-0.25, -0.2) is 17.9 Å². The molecule has 1 amide bonds. The Bertz CT molecular complexity index is 712. The molecule has 1 aromatic rings. The van der Waals surface area contributed by atoms with Gasteiger partial charge in [0.05, 0.1) is 4.90 Å². The molecule has 1 aromatic carbocycles. The second kappa shape index (κ2) is 6.67. The minimum Gasteiger partial charge on any atom is -0.480 e. The summed E-state index contributed by atoms with van der Waals surface area (Å²) in [4.78, 5) is 24.3. The van der Waals surface area contributed by atoms with Gasteiger partial charge in [-0.1, -0.05) is 6.07 Å². The minimum atomic E-state index is -3.67. The Hall–Kier alpha value is -1.93. The van der Waals surface area contributed by atoms with E-state index in [2.05, 4.69) is 4.72 Å². The molecule has 0 aromatic heterocycles. The van der Waals surface area contributed by atoms with Crippen LogP contribution in [-0.2, 0) is 14.8 Å². The zero-order valence-corrected chi connectivity index (χ0v) is 13.8. The highest BCUT2D eigenvalue weighted by molar-refractivity contribution is 7.89. The maximum Gasteiger partial charge on any atom is 0.326 e. The van der Waals surface area contributed by atoms with E-state index in [9.17, 15) is 18.0 Å². The van der Waals surface area contributed by atoms with Crippen LogP contribution in [0.5, 0.6) is 0 Å². The number of hydrogen-bond acceptors (Lipinski definition) is 4. The lowest BCUT2D eigenvalue weighted by Crippen LogP contribution is -2.40. The lowest BCUT2D eigenvalue weighted by Gasteiger charge is -2.21. The first-order valence-corrected chi connectivity index (χ1v) is 8.80. The number of benzene rings is 1. The molecule has 0 heterocycles. The molecule has 7 nitrogen and oxygen atoms in total. The fourth-order valence-electron chi connectivity index (χ4n) is 1.97. The number of likely N-dealkylation sites (N-methyl/N-ethyl adjacent to an activating group) is 1. The van der Waals surface area contributed by atoms with Gasteiger partial charge >= 0.3 is 5.97 Å². The van der Waals surface area contributed by atoms with Crippen LogP contribution >= 0.6 is 0 Å². The fourth-order valence-corrected chi connectivity index (χ4v) is 3.14. The highest BCUT2D eigenvalue weighted by Gasteiger charge is 2.26. The van der Waals surface area contributed by atoms with Crippen LogP contribution in [0.25, 0.3) is 0 Å². The SMILES string of the molecule is CC(C(=O)O)N(C)C(=O)c1cccc(S(=O)(=O)NCC2CC2)c1. The number of rotatable bonds is 7. The van der Waals surface area contributed by atoms with Gasteiger partial charge < -0.3 is 10.0 Å². The van der Waals surface area contributed by atoms with Crippen LogP contribution in [0.4, 0.5) is 0 Å². The van der Waals surface area contributed by atoms with Crippen molar-refractivity contribution in [2.75, 3.05) is 13.6 Å². The quantitative estimate of drug-likeness (QED) is 0.768. The molecule has 8 heteroatoms. The Kier molecular flexibility index (Phi) is 5.06. The van der Waals surface area contributed by atoms with Gasteiger partial charge in [0, 0.05) is 19.2 Å². The average molecular weight is 340 g/mol. The number of amides is 1. The number of carboxylic acid groups (broad SMARTS) is 1. The number of nitrogens with one attached hydrogen (secondary N) is 1. The van der Waals surface area contributed by atoms with Crippen LogP contribution in [-0.4, -0.2) is 49.9 Å². The highest BCUT2D eigenvalue weighted by Crippen LogP contribution is 2.28. The fraction of sp³-hybridized carbons (Fsp3) is 0.467. The summed E-state index contributed by atoms with van der Waals surface area (Å²) in [5.41, 5.74) is 0.134. The van der Waals surface area contributed by atoms with Crippen molar-refractivity contribution in [1.29, 1.82) is 0 Å². The number of hydrogen-bond donors (Lipinski definition) is 2. The molecule has 0 spiro atoms. The smallest absolute Gasteiger partial charge is 0.326 e. The molecule has 0 bridgehead atoms. The third-order valence-corrected chi connectivity index (χ3v) is 5.33. The summed E-state index contributed by atoms with van der Waals surface area (Å²) < 4.78 is 27.0. The van der Waals surface area contributed by atoms with E-state index in [1.165, 1.54) is 38.2 Å². The molecule has 1 aliphatic rings. The lowest BCUT2D eigenvalue weighted by molar-refractivity contribution is -0.141. The van der Waals surface area contributed by atoms with Crippen LogP contribution in [0.2, 0.25) is 0 Å². The molecule has 1 saturated carbocycles. The zero-order valence-electron chi connectivity index (χ0n) is 13.0. The molecule has 0 saturated heterocycles. The van der Waals surface area contributed by atoms with Crippen molar-refractivity contribution in [2.24, 2.45) is 5.92 Å². The molecule has 23 heavy (non-hydrogen) atoms. The van der Waals surface area contributed by atoms with E-state index >= 15 is 0 Å². The molecule has 126 valence electrons. The van der Waals surface area contributed by atoms with Gasteiger partial charge in [0.2, 0.25) is 10.0 Å². The van der Waals surface area contributed by atoms with Crippen molar-refractivity contribution in [1.82, 2.24) is 9.62 Å². The Balaban J connectivity index is 2.18. The second-order valence-corrected chi connectivity index (χ2v) is 7.52. The van der Waals surface area contributed by atoms with Crippen molar-refractivity contribution >= 4 is 21.9 Å². The van der Waals surface area contributed by atoms with Gasteiger partial charge in [-0.15, -0.1) is 0 Å². The predicted molar refractivity (Wildman–Crippen MR) is 83.5 cm³/mol. The summed E-state index contributed by atoms with van der Waals surface area (Å²) in [6, 6.07) is 4.61. The van der Waals surface area contributed by atoms with Crippen LogP contribution in [0.1, 0.15) is 30.1 Å². The van der Waals surface area contributed by atoms with E-state index in [1.807, 2.05) is 0 Å². The summed E-state index contributed by atoms with van der Waals surface area (Å²) in [5, 5.41) is 8.96. The largest absolute Gasteiger partial charge is 0.480 e. The molecule has 1 fully saturated rings. The molecule has 1 atom stereocenters. The summed E-state index contributed by atoms with van der Waals surface area (Å²) >= 11 is 0. The summed E-state index contributed by atoms with van der Waals surface area (Å²) in [5.74, 6) is -1.27. The van der Waals surface area contributed by atoms with Crippen molar-refractivity contribution in [2.45, 2.75) is 30.7 Å². The molecule has 0 aliphatic heterocycles. The van der Waals surface area contributed by atoms with Crippen LogP contribution in [0, 0.1) is 5.92 Å². The number of carbonyl (C=O) groups excluding carboxylic acids is 1. The third kappa shape index (κ3) is 4.29. The number of sulfonamides is 1. The molecule has 2 rings (SSSR count). The number of nitrogens with zero attached hydrogens (tertiary/aromatic N) is 1. The monoisotopic (exact) mass is 340 g/mol. The van der Waals surface area contributed by atoms with Crippen molar-refractivity contribution in [3.63, 3.8) is 0 Å². The van der Waals surface area contributed by atoms with Crippen LogP contribution in [0.3, 0.4) is 0 Å². The van der Waals surface area contributed by atoms with Crippen molar-refractivity contribution in [3.05, 3.63) is 29.8 Å². The lowest BCUT2D eigenvalue weighted by atomic mass is 10.2. The maximum absolute atomic E-state index is 12.3. The Labute approximate surface area is 135 Å². The van der Waals surface area contributed by atoms with Gasteiger partial charge in [-0.05, 0) is 43.9 Å². The Morgan fingerprint density at radius 2 is 2.04 bits per heavy atom. The first kappa shape index (κ1) is 17.4. The Morgan fingerprint density at radius 3 is 2.61 bits per heavy atom. The summed E-state index contributed by atoms with van der Waals surface area (Å²) in [6.45, 7) is 1.79.